The van der Waals surface area contributed by atoms with E-state index in [1.807, 2.05) is 0 Å². The van der Waals surface area contributed by atoms with Crippen LogP contribution in [0, 0.1) is 5.92 Å². The lowest BCUT2D eigenvalue weighted by Gasteiger charge is -2.43. The van der Waals surface area contributed by atoms with Gasteiger partial charge in [-0.05, 0) is 43.8 Å². The molecule has 188 valence electrons. The summed E-state index contributed by atoms with van der Waals surface area (Å²) >= 11 is 0. The highest BCUT2D eigenvalue weighted by atomic mass is 16.4. The van der Waals surface area contributed by atoms with E-state index in [2.05, 4.69) is 45.0 Å². The SMILES string of the molecule is O=C(CCC1CCCC1)N1CCN(C2CCN(Cc3ccccc3)CC2)CC1.O=C(O)C(=O)O. The maximum absolute atomic E-state index is 12.6. The van der Waals surface area contributed by atoms with Gasteiger partial charge in [-0.3, -0.25) is 14.6 Å². The molecule has 2 N–H and O–H groups in total. The van der Waals surface area contributed by atoms with Gasteiger partial charge in [0.05, 0.1) is 0 Å². The highest BCUT2D eigenvalue weighted by Gasteiger charge is 2.29. The summed E-state index contributed by atoms with van der Waals surface area (Å²) in [7, 11) is 0. The minimum atomic E-state index is -1.82. The number of piperidine rings is 1. The van der Waals surface area contributed by atoms with Crippen molar-refractivity contribution in [3.63, 3.8) is 0 Å². The van der Waals surface area contributed by atoms with E-state index < -0.39 is 11.9 Å². The van der Waals surface area contributed by atoms with Gasteiger partial charge in [-0.25, -0.2) is 9.59 Å². The van der Waals surface area contributed by atoms with E-state index in [9.17, 15) is 4.79 Å². The van der Waals surface area contributed by atoms with Crippen LogP contribution in [0.25, 0.3) is 0 Å². The van der Waals surface area contributed by atoms with Gasteiger partial charge in [0.2, 0.25) is 5.91 Å². The Kier molecular flexibility index (Phi) is 10.3. The summed E-state index contributed by atoms with van der Waals surface area (Å²) in [6.45, 7) is 7.48. The second-order valence-electron chi connectivity index (χ2n) is 9.71. The molecular weight excluding hydrogens is 434 g/mol. The summed E-state index contributed by atoms with van der Waals surface area (Å²) in [6, 6.07) is 11.5. The monoisotopic (exact) mass is 473 g/mol. The summed E-state index contributed by atoms with van der Waals surface area (Å²) in [5.74, 6) is -2.42. The first-order valence-corrected chi connectivity index (χ1v) is 12.7. The van der Waals surface area contributed by atoms with Crippen molar-refractivity contribution in [2.45, 2.75) is 64.0 Å². The standard InChI is InChI=1S/C24H37N3O.C2H2O4/c28-24(11-10-21-6-4-5-7-21)27-18-16-26(17-19-27)23-12-14-25(15-13-23)20-22-8-2-1-3-9-22;3-1(4)2(5)6/h1-3,8-9,21,23H,4-7,10-20H2;(H,3,4)(H,5,6). The number of carbonyl (C=O) groups excluding carboxylic acids is 1. The molecule has 3 fully saturated rings. The Balaban J connectivity index is 0.000000481. The third-order valence-electron chi connectivity index (χ3n) is 7.41. The Bertz CT molecular complexity index is 769. The Morgan fingerprint density at radius 3 is 1.94 bits per heavy atom. The second-order valence-corrected chi connectivity index (χ2v) is 9.71. The first-order chi connectivity index (χ1) is 16.4. The molecule has 0 atom stereocenters. The van der Waals surface area contributed by atoms with Crippen molar-refractivity contribution < 1.29 is 24.6 Å². The summed E-state index contributed by atoms with van der Waals surface area (Å²) < 4.78 is 0. The predicted molar refractivity (Wildman–Crippen MR) is 129 cm³/mol. The van der Waals surface area contributed by atoms with Crippen molar-refractivity contribution in [1.29, 1.82) is 0 Å². The lowest BCUT2D eigenvalue weighted by Crippen LogP contribution is -2.54. The number of likely N-dealkylation sites (tertiary alicyclic amines) is 1. The zero-order chi connectivity index (χ0) is 24.3. The molecular formula is C26H39N3O5. The van der Waals surface area contributed by atoms with E-state index in [-0.39, 0.29) is 0 Å². The summed E-state index contributed by atoms with van der Waals surface area (Å²) in [5, 5.41) is 14.8. The van der Waals surface area contributed by atoms with E-state index in [4.69, 9.17) is 19.8 Å². The second kappa shape index (κ2) is 13.4. The van der Waals surface area contributed by atoms with Gasteiger partial charge in [0, 0.05) is 45.2 Å². The Hall–Kier alpha value is -2.45. The molecule has 0 spiro atoms. The molecule has 1 aliphatic carbocycles. The van der Waals surface area contributed by atoms with Gasteiger partial charge in [-0.15, -0.1) is 0 Å². The molecule has 1 amide bonds. The summed E-state index contributed by atoms with van der Waals surface area (Å²) in [5.41, 5.74) is 1.42. The number of carboxylic acids is 2. The molecule has 4 rings (SSSR count). The summed E-state index contributed by atoms with van der Waals surface area (Å²) in [6.07, 6.45) is 9.89. The quantitative estimate of drug-likeness (QED) is 0.613. The normalized spacial score (nSPS) is 20.5. The van der Waals surface area contributed by atoms with Crippen LogP contribution in [0.5, 0.6) is 0 Å². The molecule has 34 heavy (non-hydrogen) atoms. The zero-order valence-corrected chi connectivity index (χ0v) is 20.1. The molecule has 8 nitrogen and oxygen atoms in total. The number of nitrogens with zero attached hydrogens (tertiary/aromatic N) is 3. The maximum atomic E-state index is 12.6. The molecule has 2 aliphatic heterocycles. The van der Waals surface area contributed by atoms with Gasteiger partial charge < -0.3 is 15.1 Å². The number of amides is 1. The predicted octanol–water partition coefficient (Wildman–Crippen LogP) is 2.92. The fourth-order valence-corrected chi connectivity index (χ4v) is 5.41. The van der Waals surface area contributed by atoms with Crippen LogP contribution < -0.4 is 0 Å². The molecule has 1 aromatic carbocycles. The van der Waals surface area contributed by atoms with Crippen LogP contribution in [0.2, 0.25) is 0 Å². The molecule has 0 unspecified atom stereocenters. The van der Waals surface area contributed by atoms with E-state index in [0.29, 0.717) is 11.9 Å². The number of carboxylic acid groups (broad SMARTS) is 2. The van der Waals surface area contributed by atoms with E-state index in [1.54, 1.807) is 0 Å². The Morgan fingerprint density at radius 1 is 0.794 bits per heavy atom. The van der Waals surface area contributed by atoms with Crippen molar-refractivity contribution >= 4 is 17.8 Å². The van der Waals surface area contributed by atoms with Gasteiger partial charge in [-0.2, -0.15) is 0 Å². The van der Waals surface area contributed by atoms with Crippen molar-refractivity contribution in [3.05, 3.63) is 35.9 Å². The molecule has 1 aromatic rings. The number of benzene rings is 1. The van der Waals surface area contributed by atoms with Crippen LogP contribution in [-0.2, 0) is 20.9 Å². The van der Waals surface area contributed by atoms with Gasteiger partial charge >= 0.3 is 11.9 Å². The minimum Gasteiger partial charge on any atom is -0.473 e. The molecule has 3 aliphatic rings. The largest absolute Gasteiger partial charge is 0.473 e. The molecule has 2 heterocycles. The number of piperazine rings is 1. The minimum absolute atomic E-state index is 0.407. The van der Waals surface area contributed by atoms with Crippen molar-refractivity contribution in [3.8, 4) is 0 Å². The van der Waals surface area contributed by atoms with E-state index in [1.165, 1.54) is 57.2 Å². The molecule has 0 radical (unpaired) electrons. The molecule has 1 saturated carbocycles. The number of rotatable bonds is 6. The molecule has 0 bridgehead atoms. The first-order valence-electron chi connectivity index (χ1n) is 12.7. The highest BCUT2D eigenvalue weighted by Crippen LogP contribution is 2.29. The number of hydrogen-bond acceptors (Lipinski definition) is 5. The zero-order valence-electron chi connectivity index (χ0n) is 20.1. The van der Waals surface area contributed by atoms with Crippen LogP contribution in [-0.4, -0.2) is 88.1 Å². The average Bonchev–Trinajstić information content (AvgIpc) is 3.38. The number of aliphatic carboxylic acids is 2. The third-order valence-corrected chi connectivity index (χ3v) is 7.41. The van der Waals surface area contributed by atoms with Gasteiger partial charge in [-0.1, -0.05) is 56.0 Å². The summed E-state index contributed by atoms with van der Waals surface area (Å²) in [4.78, 5) is 38.1. The highest BCUT2D eigenvalue weighted by molar-refractivity contribution is 6.27. The Labute approximate surface area is 202 Å². The van der Waals surface area contributed by atoms with Crippen LogP contribution in [0.1, 0.15) is 56.9 Å². The lowest BCUT2D eigenvalue weighted by molar-refractivity contribution is -0.159. The molecule has 0 aromatic heterocycles. The molecule has 2 saturated heterocycles. The molecule has 8 heteroatoms. The van der Waals surface area contributed by atoms with Gasteiger partial charge in [0.1, 0.15) is 0 Å². The smallest absolute Gasteiger partial charge is 0.414 e. The average molecular weight is 474 g/mol. The van der Waals surface area contributed by atoms with Crippen molar-refractivity contribution in [1.82, 2.24) is 14.7 Å². The first kappa shape index (κ1) is 26.2. The maximum Gasteiger partial charge on any atom is 0.414 e. The van der Waals surface area contributed by atoms with E-state index >= 15 is 0 Å². The van der Waals surface area contributed by atoms with Crippen LogP contribution in [0.4, 0.5) is 0 Å². The fraction of sp³-hybridized carbons (Fsp3) is 0.654. The van der Waals surface area contributed by atoms with E-state index in [0.717, 1.165) is 51.5 Å². The van der Waals surface area contributed by atoms with Crippen LogP contribution in [0.3, 0.4) is 0 Å². The Morgan fingerprint density at radius 2 is 1.38 bits per heavy atom. The van der Waals surface area contributed by atoms with Crippen molar-refractivity contribution in [2.75, 3.05) is 39.3 Å². The lowest BCUT2D eigenvalue weighted by atomic mass is 10.0. The fourth-order valence-electron chi connectivity index (χ4n) is 5.41. The van der Waals surface area contributed by atoms with Crippen LogP contribution in [0.15, 0.2) is 30.3 Å². The number of carbonyl (C=O) groups is 3. The number of hydrogen-bond donors (Lipinski definition) is 2. The van der Waals surface area contributed by atoms with Crippen molar-refractivity contribution in [2.24, 2.45) is 5.92 Å². The van der Waals surface area contributed by atoms with Gasteiger partial charge in [0.25, 0.3) is 0 Å². The third kappa shape index (κ3) is 8.40. The topological polar surface area (TPSA) is 101 Å². The van der Waals surface area contributed by atoms with Gasteiger partial charge in [0.15, 0.2) is 0 Å². The van der Waals surface area contributed by atoms with Crippen LogP contribution >= 0.6 is 0 Å².